The molecule has 0 saturated heterocycles. The number of anilines is 2. The van der Waals surface area contributed by atoms with E-state index in [0.717, 1.165) is 16.2 Å². The molecular weight excluding hydrogens is 404 g/mol. The van der Waals surface area contributed by atoms with Crippen molar-refractivity contribution in [1.29, 1.82) is 0 Å². The topological polar surface area (TPSA) is 59.1 Å². The molecule has 0 unspecified atom stereocenters. The summed E-state index contributed by atoms with van der Waals surface area (Å²) < 4.78 is 10.8. The maximum atomic E-state index is 13.8. The monoisotopic (exact) mass is 428 g/mol. The van der Waals surface area contributed by atoms with Gasteiger partial charge in [-0.05, 0) is 36.8 Å². The second-order valence-corrected chi connectivity index (χ2v) is 7.47. The molecule has 3 aromatic rings. The average Bonchev–Trinajstić information content (AvgIpc) is 3.09. The van der Waals surface area contributed by atoms with Crippen molar-refractivity contribution in [2.24, 2.45) is 0 Å². The summed E-state index contributed by atoms with van der Waals surface area (Å²) in [5.41, 5.74) is 3.52. The second-order valence-electron chi connectivity index (χ2n) is 7.47. The van der Waals surface area contributed by atoms with E-state index < -0.39 is 11.8 Å². The number of hydrogen-bond donors (Lipinski definition) is 0. The molecule has 2 amide bonds. The average molecular weight is 428 g/mol. The Labute approximate surface area is 187 Å². The number of hydrogen-bond acceptors (Lipinski definition) is 5. The van der Waals surface area contributed by atoms with Crippen LogP contribution >= 0.6 is 0 Å². The molecule has 0 spiro atoms. The van der Waals surface area contributed by atoms with Crippen molar-refractivity contribution in [2.75, 3.05) is 31.1 Å². The summed E-state index contributed by atoms with van der Waals surface area (Å²) >= 11 is 0. The standard InChI is InChI=1S/C26H24N2O4/c1-17-10-12-18(13-11-17)23-24(27(2)19-8-6-5-7-9-19)26(30)28(25(23)29)21-16-20(31-3)14-15-22(21)32-4/h5-16H,1-4H3. The Hall–Kier alpha value is -4.06. The van der Waals surface area contributed by atoms with Gasteiger partial charge < -0.3 is 14.4 Å². The lowest BCUT2D eigenvalue weighted by Crippen LogP contribution is -2.34. The first-order valence-corrected chi connectivity index (χ1v) is 10.2. The van der Waals surface area contributed by atoms with Gasteiger partial charge in [0.2, 0.25) is 0 Å². The summed E-state index contributed by atoms with van der Waals surface area (Å²) in [4.78, 5) is 30.4. The maximum Gasteiger partial charge on any atom is 0.282 e. The van der Waals surface area contributed by atoms with Gasteiger partial charge in [0.1, 0.15) is 17.2 Å². The van der Waals surface area contributed by atoms with E-state index in [1.54, 1.807) is 30.1 Å². The van der Waals surface area contributed by atoms with Gasteiger partial charge in [0.25, 0.3) is 11.8 Å². The molecule has 0 aromatic heterocycles. The number of carbonyl (C=O) groups excluding carboxylic acids is 2. The Morgan fingerprint density at radius 1 is 0.812 bits per heavy atom. The normalized spacial score (nSPS) is 13.6. The highest BCUT2D eigenvalue weighted by Crippen LogP contribution is 2.40. The Kier molecular flexibility index (Phi) is 5.69. The molecule has 0 bridgehead atoms. The minimum Gasteiger partial charge on any atom is -0.497 e. The van der Waals surface area contributed by atoms with Gasteiger partial charge in [-0.3, -0.25) is 9.59 Å². The Bertz CT molecular complexity index is 1200. The Balaban J connectivity index is 1.90. The lowest BCUT2D eigenvalue weighted by Gasteiger charge is -2.22. The SMILES string of the molecule is COc1ccc(OC)c(N2C(=O)C(c3ccc(C)cc3)=C(N(C)c3ccccc3)C2=O)c1. The number of nitrogens with zero attached hydrogens (tertiary/aromatic N) is 2. The van der Waals surface area contributed by atoms with Crippen molar-refractivity contribution in [1.82, 2.24) is 0 Å². The van der Waals surface area contributed by atoms with Crippen LogP contribution in [0.25, 0.3) is 5.57 Å². The molecule has 0 N–H and O–H groups in total. The van der Waals surface area contributed by atoms with Crippen LogP contribution in [0.5, 0.6) is 11.5 Å². The molecule has 162 valence electrons. The van der Waals surface area contributed by atoms with E-state index in [9.17, 15) is 9.59 Å². The third kappa shape index (κ3) is 3.60. The van der Waals surface area contributed by atoms with Crippen molar-refractivity contribution in [3.05, 3.63) is 89.6 Å². The Morgan fingerprint density at radius 3 is 2.12 bits per heavy atom. The van der Waals surface area contributed by atoms with Crippen LogP contribution in [0.3, 0.4) is 0 Å². The van der Waals surface area contributed by atoms with Crippen molar-refractivity contribution in [3.63, 3.8) is 0 Å². The van der Waals surface area contributed by atoms with Gasteiger partial charge in [0, 0.05) is 18.8 Å². The number of carbonyl (C=O) groups is 2. The number of methoxy groups -OCH3 is 2. The predicted molar refractivity (Wildman–Crippen MR) is 125 cm³/mol. The lowest BCUT2D eigenvalue weighted by atomic mass is 10.0. The first-order valence-electron chi connectivity index (χ1n) is 10.2. The quantitative estimate of drug-likeness (QED) is 0.544. The van der Waals surface area contributed by atoms with Gasteiger partial charge in [-0.1, -0.05) is 48.0 Å². The van der Waals surface area contributed by atoms with Crippen LogP contribution in [-0.2, 0) is 9.59 Å². The molecule has 3 aromatic carbocycles. The minimum atomic E-state index is -0.427. The van der Waals surface area contributed by atoms with Crippen LogP contribution in [0.1, 0.15) is 11.1 Å². The zero-order chi connectivity index (χ0) is 22.8. The number of ether oxygens (including phenoxy) is 2. The molecule has 4 rings (SSSR count). The zero-order valence-corrected chi connectivity index (χ0v) is 18.5. The highest BCUT2D eigenvalue weighted by molar-refractivity contribution is 6.46. The molecule has 1 aliphatic heterocycles. The largest absolute Gasteiger partial charge is 0.497 e. The summed E-state index contributed by atoms with van der Waals surface area (Å²) in [5.74, 6) is 0.0780. The third-order valence-corrected chi connectivity index (χ3v) is 5.51. The second kappa shape index (κ2) is 8.59. The molecular formula is C26H24N2O4. The highest BCUT2D eigenvalue weighted by atomic mass is 16.5. The first kappa shape index (κ1) is 21.2. The summed E-state index contributed by atoms with van der Waals surface area (Å²) in [6, 6.07) is 22.1. The number of rotatable bonds is 6. The Morgan fingerprint density at radius 2 is 1.50 bits per heavy atom. The number of amides is 2. The van der Waals surface area contributed by atoms with Crippen molar-refractivity contribution in [3.8, 4) is 11.5 Å². The van der Waals surface area contributed by atoms with Crippen molar-refractivity contribution >= 4 is 28.8 Å². The molecule has 6 heteroatoms. The summed E-state index contributed by atoms with van der Waals surface area (Å²) in [5, 5.41) is 0. The van der Waals surface area contributed by atoms with Gasteiger partial charge in [-0.25, -0.2) is 4.90 Å². The molecule has 0 radical (unpaired) electrons. The van der Waals surface area contributed by atoms with Gasteiger partial charge in [-0.2, -0.15) is 0 Å². The molecule has 1 aliphatic rings. The van der Waals surface area contributed by atoms with Crippen molar-refractivity contribution in [2.45, 2.75) is 6.92 Å². The first-order chi connectivity index (χ1) is 15.5. The number of aryl methyl sites for hydroxylation is 1. The molecule has 1 heterocycles. The van der Waals surface area contributed by atoms with Gasteiger partial charge in [-0.15, -0.1) is 0 Å². The fourth-order valence-electron chi connectivity index (χ4n) is 3.78. The fraction of sp³-hybridized carbons (Fsp3) is 0.154. The van der Waals surface area contributed by atoms with Crippen molar-refractivity contribution < 1.29 is 19.1 Å². The van der Waals surface area contributed by atoms with E-state index in [0.29, 0.717) is 34.0 Å². The predicted octanol–water partition coefficient (Wildman–Crippen LogP) is 4.43. The van der Waals surface area contributed by atoms with Gasteiger partial charge in [0.15, 0.2) is 0 Å². The van der Waals surface area contributed by atoms with E-state index >= 15 is 0 Å². The van der Waals surface area contributed by atoms with Crippen LogP contribution in [-0.4, -0.2) is 33.1 Å². The van der Waals surface area contributed by atoms with Crippen LogP contribution in [0.15, 0.2) is 78.5 Å². The zero-order valence-electron chi connectivity index (χ0n) is 18.5. The molecule has 6 nitrogen and oxygen atoms in total. The number of para-hydroxylation sites is 1. The third-order valence-electron chi connectivity index (χ3n) is 5.51. The van der Waals surface area contributed by atoms with E-state index in [4.69, 9.17) is 9.47 Å². The van der Waals surface area contributed by atoms with Gasteiger partial charge >= 0.3 is 0 Å². The molecule has 0 atom stereocenters. The fourth-order valence-corrected chi connectivity index (χ4v) is 3.78. The molecule has 32 heavy (non-hydrogen) atoms. The molecule has 0 saturated carbocycles. The van der Waals surface area contributed by atoms with Crippen LogP contribution in [0.4, 0.5) is 11.4 Å². The smallest absolute Gasteiger partial charge is 0.282 e. The summed E-state index contributed by atoms with van der Waals surface area (Å²) in [6.45, 7) is 1.98. The molecule has 0 aliphatic carbocycles. The minimum absolute atomic E-state index is 0.301. The van der Waals surface area contributed by atoms with E-state index in [2.05, 4.69) is 0 Å². The molecule has 0 fully saturated rings. The number of imide groups is 1. The van der Waals surface area contributed by atoms with E-state index in [1.807, 2.05) is 61.5 Å². The number of likely N-dealkylation sites (N-methyl/N-ethyl adjacent to an activating group) is 1. The van der Waals surface area contributed by atoms with Crippen LogP contribution in [0, 0.1) is 6.92 Å². The van der Waals surface area contributed by atoms with E-state index in [-0.39, 0.29) is 0 Å². The highest BCUT2D eigenvalue weighted by Gasteiger charge is 2.43. The maximum absolute atomic E-state index is 13.8. The summed E-state index contributed by atoms with van der Waals surface area (Å²) in [6.07, 6.45) is 0. The summed E-state index contributed by atoms with van der Waals surface area (Å²) in [7, 11) is 4.82. The van der Waals surface area contributed by atoms with Crippen LogP contribution < -0.4 is 19.3 Å². The lowest BCUT2D eigenvalue weighted by molar-refractivity contribution is -0.120. The van der Waals surface area contributed by atoms with E-state index in [1.165, 1.54) is 14.2 Å². The van der Waals surface area contributed by atoms with Gasteiger partial charge in [0.05, 0.1) is 25.5 Å². The van der Waals surface area contributed by atoms with Crippen LogP contribution in [0.2, 0.25) is 0 Å². The number of benzene rings is 3.